The molecule has 0 saturated carbocycles. The van der Waals surface area contributed by atoms with Gasteiger partial charge in [0.05, 0.1) is 27.8 Å². The second-order valence-electron chi connectivity index (χ2n) is 5.56. The molecule has 0 bridgehead atoms. The molecule has 7 heteroatoms. The van der Waals surface area contributed by atoms with Crippen molar-refractivity contribution in [2.75, 3.05) is 21.3 Å². The Morgan fingerprint density at radius 1 is 1.22 bits per heavy atom. The fourth-order valence-electron chi connectivity index (χ4n) is 2.92. The lowest BCUT2D eigenvalue weighted by atomic mass is 9.88. The van der Waals surface area contributed by atoms with E-state index in [4.69, 9.17) is 24.1 Å². The van der Waals surface area contributed by atoms with E-state index in [2.05, 4.69) is 0 Å². The minimum atomic E-state index is -0.962. The standard InChI is InChI=1S/C16H20O7/c1-16(7-11(18)19)6-5-9-12(23-16)10(8-17)14(21-3)15(22-4)13(9)20-2/h8H,5-7H2,1-4H3,(H,18,19). The summed E-state index contributed by atoms with van der Waals surface area (Å²) in [5, 5.41) is 9.07. The summed E-state index contributed by atoms with van der Waals surface area (Å²) in [6, 6.07) is 0. The maximum atomic E-state index is 11.6. The van der Waals surface area contributed by atoms with Gasteiger partial charge in [-0.05, 0) is 19.8 Å². The van der Waals surface area contributed by atoms with Gasteiger partial charge in [-0.3, -0.25) is 9.59 Å². The van der Waals surface area contributed by atoms with Gasteiger partial charge in [-0.1, -0.05) is 0 Å². The Hall–Kier alpha value is -2.44. The molecule has 1 aromatic rings. The first-order valence-corrected chi connectivity index (χ1v) is 7.11. The van der Waals surface area contributed by atoms with Crippen LogP contribution in [0.15, 0.2) is 0 Å². The molecule has 1 N–H and O–H groups in total. The summed E-state index contributed by atoms with van der Waals surface area (Å²) in [5.41, 5.74) is -0.0344. The largest absolute Gasteiger partial charge is 0.492 e. The third-order valence-corrected chi connectivity index (χ3v) is 3.96. The summed E-state index contributed by atoms with van der Waals surface area (Å²) in [6.45, 7) is 1.71. The highest BCUT2D eigenvalue weighted by Crippen LogP contribution is 2.51. The number of methoxy groups -OCH3 is 3. The first-order valence-electron chi connectivity index (χ1n) is 7.11. The molecular weight excluding hydrogens is 304 g/mol. The molecule has 0 aliphatic carbocycles. The minimum absolute atomic E-state index is 0.165. The predicted molar refractivity (Wildman–Crippen MR) is 81.1 cm³/mol. The quantitative estimate of drug-likeness (QED) is 0.801. The predicted octanol–water partition coefficient (Wildman–Crippen LogP) is 2.08. The average Bonchev–Trinajstić information content (AvgIpc) is 2.50. The molecule has 7 nitrogen and oxygen atoms in total. The van der Waals surface area contributed by atoms with Crippen molar-refractivity contribution in [1.82, 2.24) is 0 Å². The van der Waals surface area contributed by atoms with Crippen LogP contribution in [0.3, 0.4) is 0 Å². The Morgan fingerprint density at radius 3 is 2.30 bits per heavy atom. The van der Waals surface area contributed by atoms with Crippen LogP contribution < -0.4 is 18.9 Å². The molecule has 0 spiro atoms. The Kier molecular flexibility index (Phi) is 4.68. The fourth-order valence-corrected chi connectivity index (χ4v) is 2.92. The van der Waals surface area contributed by atoms with Crippen molar-refractivity contribution in [2.45, 2.75) is 31.8 Å². The van der Waals surface area contributed by atoms with Crippen LogP contribution in [0.1, 0.15) is 35.7 Å². The Labute approximate surface area is 134 Å². The SMILES string of the molecule is COc1c(C=O)c2c(c(OC)c1OC)CCC(C)(CC(=O)O)O2. The van der Waals surface area contributed by atoms with E-state index < -0.39 is 11.6 Å². The number of ether oxygens (including phenoxy) is 4. The second kappa shape index (κ2) is 6.36. The molecule has 0 aromatic heterocycles. The van der Waals surface area contributed by atoms with Crippen molar-refractivity contribution in [2.24, 2.45) is 0 Å². The summed E-state index contributed by atoms with van der Waals surface area (Å²) in [6.07, 6.45) is 1.44. The second-order valence-corrected chi connectivity index (χ2v) is 5.56. The molecule has 1 heterocycles. The number of carbonyl (C=O) groups excluding carboxylic acids is 1. The Morgan fingerprint density at radius 2 is 1.83 bits per heavy atom. The van der Waals surface area contributed by atoms with Crippen LogP contribution in [0.5, 0.6) is 23.0 Å². The summed E-state index contributed by atoms with van der Waals surface area (Å²) >= 11 is 0. The highest BCUT2D eigenvalue weighted by molar-refractivity contribution is 5.89. The summed E-state index contributed by atoms with van der Waals surface area (Å²) < 4.78 is 21.9. The van der Waals surface area contributed by atoms with Crippen LogP contribution >= 0.6 is 0 Å². The number of hydrogen-bond donors (Lipinski definition) is 1. The number of carbonyl (C=O) groups is 2. The van der Waals surface area contributed by atoms with E-state index in [1.54, 1.807) is 6.92 Å². The molecule has 1 atom stereocenters. The van der Waals surface area contributed by atoms with Crippen LogP contribution in [0.2, 0.25) is 0 Å². The van der Waals surface area contributed by atoms with Crippen LogP contribution in [0.25, 0.3) is 0 Å². The molecule has 23 heavy (non-hydrogen) atoms. The molecular formula is C16H20O7. The monoisotopic (exact) mass is 324 g/mol. The van der Waals surface area contributed by atoms with Gasteiger partial charge in [0.15, 0.2) is 17.8 Å². The van der Waals surface area contributed by atoms with Crippen molar-refractivity contribution in [3.63, 3.8) is 0 Å². The van der Waals surface area contributed by atoms with Gasteiger partial charge >= 0.3 is 5.97 Å². The van der Waals surface area contributed by atoms with E-state index >= 15 is 0 Å². The molecule has 1 aliphatic rings. The number of hydrogen-bond acceptors (Lipinski definition) is 6. The topological polar surface area (TPSA) is 91.3 Å². The molecule has 1 aromatic carbocycles. The highest BCUT2D eigenvalue weighted by atomic mass is 16.5. The number of fused-ring (bicyclic) bond motifs is 1. The number of carboxylic acid groups (broad SMARTS) is 1. The lowest BCUT2D eigenvalue weighted by Gasteiger charge is -2.36. The lowest BCUT2D eigenvalue weighted by Crippen LogP contribution is -2.39. The molecule has 0 saturated heterocycles. The van der Waals surface area contributed by atoms with E-state index in [0.717, 1.165) is 0 Å². The third kappa shape index (κ3) is 2.91. The molecule has 0 radical (unpaired) electrons. The van der Waals surface area contributed by atoms with Gasteiger partial charge < -0.3 is 24.1 Å². The third-order valence-electron chi connectivity index (χ3n) is 3.96. The van der Waals surface area contributed by atoms with Gasteiger partial charge in [-0.2, -0.15) is 0 Å². The molecule has 1 aliphatic heterocycles. The van der Waals surface area contributed by atoms with Gasteiger partial charge in [0.2, 0.25) is 5.75 Å². The van der Waals surface area contributed by atoms with E-state index in [1.165, 1.54) is 21.3 Å². The van der Waals surface area contributed by atoms with Crippen LogP contribution in [-0.2, 0) is 11.2 Å². The first kappa shape index (κ1) is 16.9. The van der Waals surface area contributed by atoms with Gasteiger partial charge in [-0.25, -0.2) is 0 Å². The summed E-state index contributed by atoms with van der Waals surface area (Å²) in [7, 11) is 4.36. The van der Waals surface area contributed by atoms with Crippen molar-refractivity contribution in [3.8, 4) is 23.0 Å². The van der Waals surface area contributed by atoms with Gasteiger partial charge in [0.1, 0.15) is 16.9 Å². The van der Waals surface area contributed by atoms with Crippen LogP contribution in [0.4, 0.5) is 0 Å². The molecule has 2 rings (SSSR count). The van der Waals surface area contributed by atoms with E-state index in [0.29, 0.717) is 41.9 Å². The van der Waals surface area contributed by atoms with Gasteiger partial charge in [0.25, 0.3) is 0 Å². The van der Waals surface area contributed by atoms with Crippen LogP contribution in [-0.4, -0.2) is 44.3 Å². The lowest BCUT2D eigenvalue weighted by molar-refractivity contribution is -0.141. The smallest absolute Gasteiger partial charge is 0.307 e. The fraction of sp³-hybridized carbons (Fsp3) is 0.500. The average molecular weight is 324 g/mol. The maximum Gasteiger partial charge on any atom is 0.307 e. The molecule has 1 unspecified atom stereocenters. The van der Waals surface area contributed by atoms with E-state index in [1.807, 2.05) is 0 Å². The van der Waals surface area contributed by atoms with E-state index in [9.17, 15) is 9.59 Å². The summed E-state index contributed by atoms with van der Waals surface area (Å²) in [4.78, 5) is 22.7. The van der Waals surface area contributed by atoms with Gasteiger partial charge in [0, 0.05) is 5.56 Å². The van der Waals surface area contributed by atoms with E-state index in [-0.39, 0.29) is 17.7 Å². The zero-order chi connectivity index (χ0) is 17.2. The highest BCUT2D eigenvalue weighted by Gasteiger charge is 2.39. The van der Waals surface area contributed by atoms with Crippen molar-refractivity contribution >= 4 is 12.3 Å². The zero-order valence-electron chi connectivity index (χ0n) is 13.6. The summed E-state index contributed by atoms with van der Waals surface area (Å²) in [5.74, 6) is 0.293. The maximum absolute atomic E-state index is 11.6. The minimum Gasteiger partial charge on any atom is -0.492 e. The van der Waals surface area contributed by atoms with Crippen molar-refractivity contribution < 1.29 is 33.6 Å². The molecule has 0 fully saturated rings. The Balaban J connectivity index is 2.66. The molecule has 126 valence electrons. The first-order chi connectivity index (χ1) is 10.9. The Bertz CT molecular complexity index is 638. The van der Waals surface area contributed by atoms with Crippen LogP contribution in [0, 0.1) is 0 Å². The van der Waals surface area contributed by atoms with Crippen molar-refractivity contribution in [1.29, 1.82) is 0 Å². The number of rotatable bonds is 6. The van der Waals surface area contributed by atoms with Gasteiger partial charge in [-0.15, -0.1) is 0 Å². The van der Waals surface area contributed by atoms with Crippen molar-refractivity contribution in [3.05, 3.63) is 11.1 Å². The normalized spacial score (nSPS) is 19.3. The zero-order valence-corrected chi connectivity index (χ0v) is 13.6. The number of aldehydes is 1. The number of benzene rings is 1. The molecule has 0 amide bonds. The number of carboxylic acids is 1. The number of aliphatic carboxylic acids is 1.